The van der Waals surface area contributed by atoms with E-state index in [1.54, 1.807) is 10.9 Å². The Morgan fingerprint density at radius 2 is 2.00 bits per heavy atom. The summed E-state index contributed by atoms with van der Waals surface area (Å²) in [6.07, 6.45) is 5.28. The summed E-state index contributed by atoms with van der Waals surface area (Å²) in [5.41, 5.74) is 0.903. The van der Waals surface area contributed by atoms with Gasteiger partial charge in [0.2, 0.25) is 0 Å². The molecule has 1 N–H and O–H groups in total. The minimum atomic E-state index is -0.761. The minimum absolute atomic E-state index is 0.114. The first-order chi connectivity index (χ1) is 12.6. The quantitative estimate of drug-likeness (QED) is 0.760. The summed E-state index contributed by atoms with van der Waals surface area (Å²) < 4.78 is 3.13. The Hall–Kier alpha value is -2.98. The van der Waals surface area contributed by atoms with E-state index >= 15 is 0 Å². The van der Waals surface area contributed by atoms with Crippen LogP contribution in [0.5, 0.6) is 0 Å². The summed E-state index contributed by atoms with van der Waals surface area (Å²) in [6, 6.07) is 11.9. The van der Waals surface area contributed by atoms with Crippen molar-refractivity contribution >= 4 is 11.2 Å². The maximum absolute atomic E-state index is 12.7. The van der Waals surface area contributed by atoms with Crippen LogP contribution < -0.4 is 5.56 Å². The van der Waals surface area contributed by atoms with Gasteiger partial charge in [-0.2, -0.15) is 5.26 Å². The molecule has 132 valence electrons. The third kappa shape index (κ3) is 2.78. The minimum Gasteiger partial charge on any atom is -0.391 e. The molecule has 1 saturated carbocycles. The van der Waals surface area contributed by atoms with Crippen molar-refractivity contribution in [2.75, 3.05) is 0 Å². The highest BCUT2D eigenvalue weighted by molar-refractivity contribution is 5.71. The Morgan fingerprint density at radius 1 is 1.23 bits per heavy atom. The summed E-state index contributed by atoms with van der Waals surface area (Å²) in [5.74, 6) is 0. The van der Waals surface area contributed by atoms with Gasteiger partial charge in [-0.15, -0.1) is 0 Å². The molecule has 0 spiro atoms. The number of benzene rings is 1. The van der Waals surface area contributed by atoms with Crippen molar-refractivity contribution in [2.24, 2.45) is 5.41 Å². The van der Waals surface area contributed by atoms with Gasteiger partial charge >= 0.3 is 0 Å². The first-order valence-electron chi connectivity index (χ1n) is 8.69. The number of para-hydroxylation sites is 1. The topological polar surface area (TPSA) is 96.7 Å². The predicted molar refractivity (Wildman–Crippen MR) is 95.6 cm³/mol. The molecular formula is C19H19N5O2. The molecule has 1 aliphatic carbocycles. The van der Waals surface area contributed by atoms with E-state index in [1.165, 1.54) is 10.9 Å². The molecule has 3 aromatic rings. The van der Waals surface area contributed by atoms with Crippen molar-refractivity contribution in [1.82, 2.24) is 19.1 Å². The first-order valence-corrected chi connectivity index (χ1v) is 8.69. The van der Waals surface area contributed by atoms with Crippen LogP contribution in [0.4, 0.5) is 0 Å². The van der Waals surface area contributed by atoms with Crippen molar-refractivity contribution in [3.63, 3.8) is 0 Å². The largest absolute Gasteiger partial charge is 0.391 e. The van der Waals surface area contributed by atoms with Crippen molar-refractivity contribution in [3.05, 3.63) is 53.3 Å². The SMILES string of the molecule is N#CC1(CC(O)Cn2cnc3c(ncn3-c3ccccc3)c2=O)CCC1. The van der Waals surface area contributed by atoms with Crippen molar-refractivity contribution in [1.29, 1.82) is 5.26 Å². The van der Waals surface area contributed by atoms with E-state index in [4.69, 9.17) is 0 Å². The van der Waals surface area contributed by atoms with Crippen LogP contribution in [-0.4, -0.2) is 30.3 Å². The van der Waals surface area contributed by atoms with Gasteiger partial charge in [0.05, 0.1) is 24.1 Å². The third-order valence-corrected chi connectivity index (χ3v) is 5.14. The fourth-order valence-corrected chi connectivity index (χ4v) is 3.54. The number of fused-ring (bicyclic) bond motifs is 1. The van der Waals surface area contributed by atoms with Gasteiger partial charge in [0.1, 0.15) is 12.7 Å². The number of hydrogen-bond acceptors (Lipinski definition) is 5. The van der Waals surface area contributed by atoms with Crippen molar-refractivity contribution in [3.8, 4) is 11.8 Å². The van der Waals surface area contributed by atoms with E-state index in [2.05, 4.69) is 16.0 Å². The Morgan fingerprint density at radius 3 is 2.65 bits per heavy atom. The van der Waals surface area contributed by atoms with Crippen LogP contribution in [0.2, 0.25) is 0 Å². The second-order valence-corrected chi connectivity index (χ2v) is 6.93. The van der Waals surface area contributed by atoms with Crippen LogP contribution in [0.25, 0.3) is 16.9 Å². The number of aliphatic hydroxyl groups is 1. The van der Waals surface area contributed by atoms with Crippen LogP contribution in [0.3, 0.4) is 0 Å². The molecule has 7 nitrogen and oxygen atoms in total. The van der Waals surface area contributed by atoms with Gasteiger partial charge in [-0.3, -0.25) is 13.9 Å². The monoisotopic (exact) mass is 349 g/mol. The fraction of sp³-hybridized carbons (Fsp3) is 0.368. The van der Waals surface area contributed by atoms with E-state index in [-0.39, 0.29) is 17.6 Å². The molecular weight excluding hydrogens is 330 g/mol. The summed E-state index contributed by atoms with van der Waals surface area (Å²) in [4.78, 5) is 21.3. The molecule has 1 atom stereocenters. The first kappa shape index (κ1) is 16.5. The van der Waals surface area contributed by atoms with Crippen LogP contribution in [0.15, 0.2) is 47.8 Å². The lowest BCUT2D eigenvalue weighted by molar-refractivity contribution is 0.0683. The number of nitrogens with zero attached hydrogens (tertiary/aromatic N) is 5. The lowest BCUT2D eigenvalue weighted by Crippen LogP contribution is -2.35. The highest BCUT2D eigenvalue weighted by Gasteiger charge is 2.39. The van der Waals surface area contributed by atoms with E-state index in [1.807, 2.05) is 30.3 Å². The van der Waals surface area contributed by atoms with Gasteiger partial charge < -0.3 is 5.11 Å². The molecule has 1 aromatic carbocycles. The number of nitriles is 1. The fourth-order valence-electron chi connectivity index (χ4n) is 3.54. The molecule has 1 unspecified atom stereocenters. The highest BCUT2D eigenvalue weighted by Crippen LogP contribution is 2.44. The smallest absolute Gasteiger partial charge is 0.281 e. The molecule has 7 heteroatoms. The maximum Gasteiger partial charge on any atom is 0.281 e. The molecule has 2 aromatic heterocycles. The molecule has 0 amide bonds. The molecule has 0 saturated heterocycles. The van der Waals surface area contributed by atoms with Gasteiger partial charge in [0, 0.05) is 5.69 Å². The van der Waals surface area contributed by atoms with Crippen LogP contribution >= 0.6 is 0 Å². The van der Waals surface area contributed by atoms with Crippen LogP contribution in [0.1, 0.15) is 25.7 Å². The molecule has 1 aliphatic rings. The highest BCUT2D eigenvalue weighted by atomic mass is 16.3. The summed E-state index contributed by atoms with van der Waals surface area (Å²) >= 11 is 0. The van der Waals surface area contributed by atoms with Gasteiger partial charge in [0.15, 0.2) is 11.2 Å². The van der Waals surface area contributed by atoms with E-state index in [0.29, 0.717) is 12.1 Å². The van der Waals surface area contributed by atoms with E-state index in [9.17, 15) is 15.2 Å². The number of rotatable bonds is 5. The van der Waals surface area contributed by atoms with Gasteiger partial charge in [-0.25, -0.2) is 9.97 Å². The maximum atomic E-state index is 12.7. The Labute approximate surface area is 150 Å². The average molecular weight is 349 g/mol. The van der Waals surface area contributed by atoms with Gasteiger partial charge in [0.25, 0.3) is 5.56 Å². The Balaban J connectivity index is 1.61. The zero-order valence-corrected chi connectivity index (χ0v) is 14.2. The zero-order valence-electron chi connectivity index (χ0n) is 14.2. The lowest BCUT2D eigenvalue weighted by Gasteiger charge is -2.36. The third-order valence-electron chi connectivity index (χ3n) is 5.14. The molecule has 26 heavy (non-hydrogen) atoms. The van der Waals surface area contributed by atoms with Crippen molar-refractivity contribution < 1.29 is 5.11 Å². The molecule has 0 aliphatic heterocycles. The number of aromatic nitrogens is 4. The number of aliphatic hydroxyl groups excluding tert-OH is 1. The second-order valence-electron chi connectivity index (χ2n) is 6.93. The average Bonchev–Trinajstić information content (AvgIpc) is 3.06. The summed E-state index contributed by atoms with van der Waals surface area (Å²) in [7, 11) is 0. The molecule has 4 rings (SSSR count). The van der Waals surface area contributed by atoms with Crippen LogP contribution in [0, 0.1) is 16.7 Å². The Kier molecular flexibility index (Phi) is 4.05. The van der Waals surface area contributed by atoms with E-state index < -0.39 is 11.5 Å². The second kappa shape index (κ2) is 6.39. The predicted octanol–water partition coefficient (Wildman–Crippen LogP) is 2.03. The number of hydrogen-bond donors (Lipinski definition) is 1. The molecule has 1 fully saturated rings. The summed E-state index contributed by atoms with van der Waals surface area (Å²) in [6.45, 7) is 0.114. The van der Waals surface area contributed by atoms with Crippen molar-refractivity contribution in [2.45, 2.75) is 38.3 Å². The number of imidazole rings is 1. The van der Waals surface area contributed by atoms with Crippen LogP contribution in [-0.2, 0) is 6.54 Å². The standard InChI is InChI=1S/C19H19N5O2/c20-11-19(7-4-8-19)9-15(25)10-23-12-22-17-16(18(23)26)21-13-24(17)14-5-2-1-3-6-14/h1-3,5-6,12-13,15,25H,4,7-10H2. The normalized spacial score (nSPS) is 16.8. The Bertz CT molecular complexity index is 1030. The molecule has 2 heterocycles. The van der Waals surface area contributed by atoms with Gasteiger partial charge in [-0.05, 0) is 31.4 Å². The lowest BCUT2D eigenvalue weighted by atomic mass is 9.67. The molecule has 0 radical (unpaired) electrons. The molecule has 0 bridgehead atoms. The van der Waals surface area contributed by atoms with E-state index in [0.717, 1.165) is 24.9 Å². The summed E-state index contributed by atoms with van der Waals surface area (Å²) in [5, 5.41) is 19.7. The van der Waals surface area contributed by atoms with Gasteiger partial charge in [-0.1, -0.05) is 24.6 Å². The zero-order chi connectivity index (χ0) is 18.1.